The zero-order valence-corrected chi connectivity index (χ0v) is 33.5. The summed E-state index contributed by atoms with van der Waals surface area (Å²) in [7, 11) is 0. The van der Waals surface area contributed by atoms with Gasteiger partial charge in [-0.15, -0.1) is 0 Å². The average Bonchev–Trinajstić information content (AvgIpc) is 3.27. The van der Waals surface area contributed by atoms with Crippen molar-refractivity contribution in [2.24, 2.45) is 0 Å². The summed E-state index contributed by atoms with van der Waals surface area (Å²) >= 11 is 0. The van der Waals surface area contributed by atoms with Crippen LogP contribution in [0, 0.1) is 0 Å². The minimum Gasteiger partial charge on any atom is -0.508 e. The van der Waals surface area contributed by atoms with E-state index in [9.17, 15) is 70.9 Å². The van der Waals surface area contributed by atoms with Gasteiger partial charge in [-0.3, -0.25) is 4.79 Å². The van der Waals surface area contributed by atoms with E-state index < -0.39 is 134 Å². The number of aliphatic hydroxyl groups is 9. The Kier molecular flexibility index (Phi) is 14.1. The van der Waals surface area contributed by atoms with Crippen molar-refractivity contribution in [3.05, 3.63) is 82.5 Å². The third kappa shape index (κ3) is 9.64. The fraction of sp³-hybridized carbons (Fsp3) is 0.429. The topological polar surface area (TPSA) is 355 Å². The van der Waals surface area contributed by atoms with E-state index >= 15 is 0 Å². The number of phenols is 3. The number of carbonyl (C=O) groups excluding carboxylic acids is 1. The van der Waals surface area contributed by atoms with Gasteiger partial charge >= 0.3 is 5.97 Å². The Hall–Kier alpha value is -5.44. The van der Waals surface area contributed by atoms with Gasteiger partial charge in [0.05, 0.1) is 12.7 Å². The SMILES string of the molecule is C[C@@H]1O[C@@H](Oc2cc(O)c3c(=O)c(O[C@@H]4O[C@H](CO)[C@@H](O)[C@H](O)[C@H]4O)c(-c4ccc(O)cc4)oc3c2)[C@H](O)[C@H](O[C@@H]2O[C@H](COC(=O)/C=C/c3ccc(O)cc3)[C@@H](O)[C@H](O)[C@@H]2O)[C@H]1O. The molecule has 0 aliphatic carbocycles. The predicted molar refractivity (Wildman–Crippen MR) is 212 cm³/mol. The zero-order valence-electron chi connectivity index (χ0n) is 33.5. The molecule has 1 aromatic heterocycles. The van der Waals surface area contributed by atoms with Gasteiger partial charge in [-0.2, -0.15) is 0 Å². The van der Waals surface area contributed by atoms with Crippen LogP contribution in [0.3, 0.4) is 0 Å². The van der Waals surface area contributed by atoms with Crippen LogP contribution in [-0.4, -0.2) is 173 Å². The molecule has 3 aliphatic rings. The van der Waals surface area contributed by atoms with Crippen LogP contribution in [-0.2, 0) is 28.5 Å². The van der Waals surface area contributed by atoms with Gasteiger partial charge in [-0.1, -0.05) is 12.1 Å². The highest BCUT2D eigenvalue weighted by Gasteiger charge is 2.51. The van der Waals surface area contributed by atoms with E-state index in [-0.39, 0.29) is 34.2 Å². The third-order valence-electron chi connectivity index (χ3n) is 10.8. The lowest BCUT2D eigenvalue weighted by Crippen LogP contribution is -2.64. The maximum absolute atomic E-state index is 14.1. The molecule has 7 rings (SSSR count). The van der Waals surface area contributed by atoms with E-state index in [1.54, 1.807) is 0 Å². The first-order valence-electron chi connectivity index (χ1n) is 19.7. The van der Waals surface area contributed by atoms with Crippen LogP contribution in [0.4, 0.5) is 0 Å². The first-order valence-corrected chi connectivity index (χ1v) is 19.7. The second-order valence-corrected chi connectivity index (χ2v) is 15.2. The average molecular weight is 903 g/mol. The van der Waals surface area contributed by atoms with Crippen molar-refractivity contribution in [1.29, 1.82) is 0 Å². The molecule has 4 aromatic rings. The van der Waals surface area contributed by atoms with Gasteiger partial charge in [0.2, 0.25) is 23.8 Å². The lowest BCUT2D eigenvalue weighted by Gasteiger charge is -2.45. The van der Waals surface area contributed by atoms with Gasteiger partial charge in [0.15, 0.2) is 12.1 Å². The lowest BCUT2D eigenvalue weighted by molar-refractivity contribution is -0.350. The Bertz CT molecular complexity index is 2330. The van der Waals surface area contributed by atoms with Gasteiger partial charge < -0.3 is 98.9 Å². The van der Waals surface area contributed by atoms with E-state index in [0.717, 1.165) is 18.2 Å². The Labute approximate surface area is 361 Å². The monoisotopic (exact) mass is 902 g/mol. The standard InChI is InChI=1S/C42H46O22/c1-16-28(48)38(63-41-35(55)33(53)30(50)25(62-41)15-57-26(47)11-4-17-2-7-19(44)8-3-17)36(56)42(58-16)59-21-12-22(46)27-23(13-21)60-37(18-5-9-20(45)10-6-18)39(31(27)51)64-40-34(54)32(52)29(49)24(14-43)61-40/h2-13,16,24-25,28-30,32-36,38,40-46,48-50,52-56H,14-15H2,1H3/b11-4+/t16-,24+,25+,28-,29+,30+,32-,33-,34+,35-,36+,38+,40-,41-,42-/m0/s1. The molecular formula is C42H46O22. The highest BCUT2D eigenvalue weighted by atomic mass is 16.7. The normalized spacial score (nSPS) is 33.2. The maximum Gasteiger partial charge on any atom is 0.330 e. The molecular weight excluding hydrogens is 856 g/mol. The molecule has 0 bridgehead atoms. The number of aliphatic hydroxyl groups excluding tert-OH is 9. The number of carbonyl (C=O) groups is 1. The van der Waals surface area contributed by atoms with Gasteiger partial charge in [0.25, 0.3) is 0 Å². The van der Waals surface area contributed by atoms with Crippen molar-refractivity contribution in [1.82, 2.24) is 0 Å². The second-order valence-electron chi connectivity index (χ2n) is 15.2. The minimum atomic E-state index is -1.95. The van der Waals surface area contributed by atoms with Crippen molar-refractivity contribution in [2.45, 2.75) is 99.0 Å². The molecule has 0 radical (unpaired) electrons. The quantitative estimate of drug-likeness (QED) is 0.0543. The number of ether oxygens (including phenoxy) is 7. The molecule has 3 saturated heterocycles. The summed E-state index contributed by atoms with van der Waals surface area (Å²) in [5, 5.41) is 125. The predicted octanol–water partition coefficient (Wildman–Crippen LogP) is -1.95. The van der Waals surface area contributed by atoms with E-state index in [2.05, 4.69) is 0 Å². The van der Waals surface area contributed by atoms with Crippen LogP contribution in [0.15, 0.2) is 76.0 Å². The van der Waals surface area contributed by atoms with E-state index in [1.165, 1.54) is 61.5 Å². The van der Waals surface area contributed by atoms with Gasteiger partial charge in [0, 0.05) is 23.8 Å². The number of phenolic OH excluding ortho intramolecular Hbond substituents is 3. The summed E-state index contributed by atoms with van der Waals surface area (Å²) in [6.45, 7) is -0.0602. The molecule has 346 valence electrons. The van der Waals surface area contributed by atoms with Crippen molar-refractivity contribution < 1.29 is 104 Å². The molecule has 0 unspecified atom stereocenters. The van der Waals surface area contributed by atoms with Crippen LogP contribution in [0.25, 0.3) is 28.4 Å². The number of rotatable bonds is 12. The third-order valence-corrected chi connectivity index (χ3v) is 10.8. The summed E-state index contributed by atoms with van der Waals surface area (Å²) in [5.41, 5.74) is -0.712. The van der Waals surface area contributed by atoms with E-state index in [4.69, 9.17) is 37.6 Å². The Morgan fingerprint density at radius 2 is 1.28 bits per heavy atom. The van der Waals surface area contributed by atoms with Gasteiger partial charge in [0.1, 0.15) is 108 Å². The second kappa shape index (κ2) is 19.3. The molecule has 3 aliphatic heterocycles. The molecule has 0 spiro atoms. The van der Waals surface area contributed by atoms with Crippen molar-refractivity contribution in [2.75, 3.05) is 13.2 Å². The molecule has 22 nitrogen and oxygen atoms in total. The fourth-order valence-electron chi connectivity index (χ4n) is 7.19. The maximum atomic E-state index is 14.1. The number of hydrogen-bond acceptors (Lipinski definition) is 22. The number of aromatic hydroxyl groups is 3. The van der Waals surface area contributed by atoms with Crippen molar-refractivity contribution >= 4 is 23.0 Å². The van der Waals surface area contributed by atoms with E-state index in [1.807, 2.05) is 0 Å². The van der Waals surface area contributed by atoms with Crippen LogP contribution >= 0.6 is 0 Å². The van der Waals surface area contributed by atoms with Crippen LogP contribution in [0.5, 0.6) is 28.7 Å². The minimum absolute atomic E-state index is 0.0193. The first-order chi connectivity index (χ1) is 30.4. The lowest BCUT2D eigenvalue weighted by atomic mass is 9.97. The first kappa shape index (κ1) is 46.5. The summed E-state index contributed by atoms with van der Waals surface area (Å²) in [6.07, 6.45) is -23.5. The molecule has 3 fully saturated rings. The summed E-state index contributed by atoms with van der Waals surface area (Å²) in [4.78, 5) is 26.5. The molecule has 12 N–H and O–H groups in total. The fourth-order valence-corrected chi connectivity index (χ4v) is 7.19. The van der Waals surface area contributed by atoms with Crippen LogP contribution in [0.1, 0.15) is 12.5 Å². The highest BCUT2D eigenvalue weighted by molar-refractivity contribution is 5.88. The van der Waals surface area contributed by atoms with Crippen LogP contribution < -0.4 is 14.9 Å². The largest absolute Gasteiger partial charge is 0.508 e. The zero-order chi connectivity index (χ0) is 46.1. The highest BCUT2D eigenvalue weighted by Crippen LogP contribution is 2.39. The molecule has 15 atom stereocenters. The molecule has 0 saturated carbocycles. The molecule has 22 heteroatoms. The Morgan fingerprint density at radius 3 is 1.94 bits per heavy atom. The number of esters is 1. The van der Waals surface area contributed by atoms with Gasteiger partial charge in [-0.25, -0.2) is 4.79 Å². The number of benzene rings is 3. The Morgan fingerprint density at radius 1 is 0.688 bits per heavy atom. The Balaban J connectivity index is 1.10. The smallest absolute Gasteiger partial charge is 0.330 e. The number of fused-ring (bicyclic) bond motifs is 1. The van der Waals surface area contributed by atoms with Crippen molar-refractivity contribution in [3.8, 4) is 40.1 Å². The molecule has 0 amide bonds. The number of hydrogen-bond donors (Lipinski definition) is 12. The molecule has 64 heavy (non-hydrogen) atoms. The summed E-state index contributed by atoms with van der Waals surface area (Å²) < 4.78 is 45.3. The molecule has 3 aromatic carbocycles. The van der Waals surface area contributed by atoms with Gasteiger partial charge in [-0.05, 0) is 55.0 Å². The van der Waals surface area contributed by atoms with E-state index in [0.29, 0.717) is 5.56 Å². The summed E-state index contributed by atoms with van der Waals surface area (Å²) in [6, 6.07) is 13.1. The summed E-state index contributed by atoms with van der Waals surface area (Å²) in [5.74, 6) is -3.07. The van der Waals surface area contributed by atoms with Crippen LogP contribution in [0.2, 0.25) is 0 Å². The van der Waals surface area contributed by atoms with Crippen molar-refractivity contribution in [3.63, 3.8) is 0 Å². The molecule has 4 heterocycles.